The number of carboxylic acid groups (broad SMARTS) is 1. The van der Waals surface area contributed by atoms with Crippen LogP contribution in [0.15, 0.2) is 30.3 Å². The highest BCUT2D eigenvalue weighted by molar-refractivity contribution is 5.66. The van der Waals surface area contributed by atoms with Gasteiger partial charge in [-0.1, -0.05) is 18.2 Å². The van der Waals surface area contributed by atoms with Gasteiger partial charge in [0.1, 0.15) is 11.6 Å². The van der Waals surface area contributed by atoms with E-state index in [0.717, 1.165) is 11.5 Å². The van der Waals surface area contributed by atoms with Crippen molar-refractivity contribution in [2.24, 2.45) is 0 Å². The van der Waals surface area contributed by atoms with Crippen LogP contribution in [0.2, 0.25) is 0 Å². The molecule has 0 spiro atoms. The van der Waals surface area contributed by atoms with Crippen LogP contribution in [-0.4, -0.2) is 25.8 Å². The summed E-state index contributed by atoms with van der Waals surface area (Å²) in [7, 11) is 0. The van der Waals surface area contributed by atoms with Crippen LogP contribution >= 0.6 is 0 Å². The van der Waals surface area contributed by atoms with Crippen molar-refractivity contribution in [2.75, 3.05) is 0 Å². The van der Waals surface area contributed by atoms with E-state index in [1.54, 1.807) is 4.68 Å². The Hall–Kier alpha value is -2.17. The predicted octanol–water partition coefficient (Wildman–Crippen LogP) is 1.98. The van der Waals surface area contributed by atoms with Crippen molar-refractivity contribution in [2.45, 2.75) is 26.2 Å². The molecular formula is C13H15N3O2. The topological polar surface area (TPSA) is 68.0 Å². The summed E-state index contributed by atoms with van der Waals surface area (Å²) in [6, 6.07) is 9.72. The van der Waals surface area contributed by atoms with Crippen LogP contribution in [0.5, 0.6) is 0 Å². The molecule has 1 N–H and O–H groups in total. The summed E-state index contributed by atoms with van der Waals surface area (Å²) >= 11 is 0. The molecule has 0 saturated carbocycles. The van der Waals surface area contributed by atoms with E-state index < -0.39 is 5.97 Å². The first-order valence-corrected chi connectivity index (χ1v) is 5.86. The monoisotopic (exact) mass is 245 g/mol. The van der Waals surface area contributed by atoms with Crippen molar-refractivity contribution in [3.05, 3.63) is 42.0 Å². The molecule has 94 valence electrons. The standard InChI is InChI=1S/C13H15N3O2/c1-10-14-12(8-5-9-13(17)18)16(15-10)11-6-3-2-4-7-11/h2-4,6-7H,5,8-9H2,1H3,(H,17,18). The highest BCUT2D eigenvalue weighted by atomic mass is 16.4. The molecule has 0 aliphatic rings. The highest BCUT2D eigenvalue weighted by Gasteiger charge is 2.09. The van der Waals surface area contributed by atoms with Gasteiger partial charge in [0.25, 0.3) is 0 Å². The van der Waals surface area contributed by atoms with Crippen molar-refractivity contribution >= 4 is 5.97 Å². The summed E-state index contributed by atoms with van der Waals surface area (Å²) in [6.45, 7) is 1.83. The van der Waals surface area contributed by atoms with E-state index >= 15 is 0 Å². The normalized spacial score (nSPS) is 10.5. The Morgan fingerprint density at radius 3 is 2.72 bits per heavy atom. The first kappa shape index (κ1) is 12.3. The average molecular weight is 245 g/mol. The van der Waals surface area contributed by atoms with Gasteiger partial charge in [-0.2, -0.15) is 5.10 Å². The second-order valence-electron chi connectivity index (χ2n) is 4.07. The van der Waals surface area contributed by atoms with E-state index in [0.29, 0.717) is 18.7 Å². The van der Waals surface area contributed by atoms with Crippen LogP contribution in [0.25, 0.3) is 5.69 Å². The largest absolute Gasteiger partial charge is 0.481 e. The van der Waals surface area contributed by atoms with Gasteiger partial charge in [0.05, 0.1) is 5.69 Å². The van der Waals surface area contributed by atoms with Gasteiger partial charge in [-0.3, -0.25) is 4.79 Å². The molecule has 0 aliphatic carbocycles. The van der Waals surface area contributed by atoms with Crippen LogP contribution in [0.4, 0.5) is 0 Å². The van der Waals surface area contributed by atoms with Gasteiger partial charge in [0, 0.05) is 12.8 Å². The SMILES string of the molecule is Cc1nc(CCCC(=O)O)n(-c2ccccc2)n1. The second kappa shape index (κ2) is 5.44. The van der Waals surface area contributed by atoms with Crippen molar-refractivity contribution in [3.8, 4) is 5.69 Å². The predicted molar refractivity (Wildman–Crippen MR) is 66.7 cm³/mol. The van der Waals surface area contributed by atoms with E-state index in [2.05, 4.69) is 10.1 Å². The number of carboxylic acids is 1. The zero-order valence-electron chi connectivity index (χ0n) is 10.2. The number of hydrogen-bond donors (Lipinski definition) is 1. The molecule has 0 amide bonds. The van der Waals surface area contributed by atoms with E-state index in [4.69, 9.17) is 5.11 Å². The molecular weight excluding hydrogens is 230 g/mol. The van der Waals surface area contributed by atoms with Crippen LogP contribution in [-0.2, 0) is 11.2 Å². The Balaban J connectivity index is 2.18. The Morgan fingerprint density at radius 1 is 1.33 bits per heavy atom. The van der Waals surface area contributed by atoms with E-state index in [-0.39, 0.29) is 6.42 Å². The summed E-state index contributed by atoms with van der Waals surface area (Å²) in [5.41, 5.74) is 0.948. The Labute approximate surface area is 105 Å². The van der Waals surface area contributed by atoms with Gasteiger partial charge < -0.3 is 5.11 Å². The van der Waals surface area contributed by atoms with Crippen molar-refractivity contribution in [1.82, 2.24) is 14.8 Å². The molecule has 0 fully saturated rings. The number of hydrogen-bond acceptors (Lipinski definition) is 3. The van der Waals surface area contributed by atoms with Crippen LogP contribution in [0, 0.1) is 6.92 Å². The van der Waals surface area contributed by atoms with Gasteiger partial charge in [-0.25, -0.2) is 9.67 Å². The third kappa shape index (κ3) is 2.94. The molecule has 0 aliphatic heterocycles. The number of benzene rings is 1. The lowest BCUT2D eigenvalue weighted by Crippen LogP contribution is -2.04. The van der Waals surface area contributed by atoms with Crippen molar-refractivity contribution < 1.29 is 9.90 Å². The molecule has 18 heavy (non-hydrogen) atoms. The zero-order chi connectivity index (χ0) is 13.0. The van der Waals surface area contributed by atoms with Gasteiger partial charge >= 0.3 is 5.97 Å². The zero-order valence-corrected chi connectivity index (χ0v) is 10.2. The molecule has 5 heteroatoms. The van der Waals surface area contributed by atoms with Crippen LogP contribution in [0.1, 0.15) is 24.5 Å². The first-order chi connectivity index (χ1) is 8.66. The fraction of sp³-hybridized carbons (Fsp3) is 0.308. The van der Waals surface area contributed by atoms with E-state index in [1.807, 2.05) is 37.3 Å². The summed E-state index contributed by atoms with van der Waals surface area (Å²) < 4.78 is 1.77. The number of aromatic nitrogens is 3. The maximum atomic E-state index is 10.5. The van der Waals surface area contributed by atoms with Crippen LogP contribution in [0.3, 0.4) is 0 Å². The van der Waals surface area contributed by atoms with Crippen molar-refractivity contribution in [3.63, 3.8) is 0 Å². The second-order valence-corrected chi connectivity index (χ2v) is 4.07. The maximum Gasteiger partial charge on any atom is 0.303 e. The van der Waals surface area contributed by atoms with Crippen molar-refractivity contribution in [1.29, 1.82) is 0 Å². The Kier molecular flexibility index (Phi) is 3.72. The van der Waals surface area contributed by atoms with E-state index in [1.165, 1.54) is 0 Å². The minimum absolute atomic E-state index is 0.153. The lowest BCUT2D eigenvalue weighted by atomic mass is 10.2. The fourth-order valence-corrected chi connectivity index (χ4v) is 1.79. The highest BCUT2D eigenvalue weighted by Crippen LogP contribution is 2.11. The lowest BCUT2D eigenvalue weighted by Gasteiger charge is -2.04. The lowest BCUT2D eigenvalue weighted by molar-refractivity contribution is -0.137. The Bertz CT molecular complexity index is 534. The first-order valence-electron chi connectivity index (χ1n) is 5.86. The van der Waals surface area contributed by atoms with Gasteiger partial charge in [0.15, 0.2) is 0 Å². The summed E-state index contributed by atoms with van der Waals surface area (Å²) in [6.07, 6.45) is 1.34. The Morgan fingerprint density at radius 2 is 2.06 bits per heavy atom. The number of aliphatic carboxylic acids is 1. The van der Waals surface area contributed by atoms with Crippen LogP contribution < -0.4 is 0 Å². The summed E-state index contributed by atoms with van der Waals surface area (Å²) in [5.74, 6) is 0.724. The number of nitrogens with zero attached hydrogens (tertiary/aromatic N) is 3. The minimum Gasteiger partial charge on any atom is -0.481 e. The van der Waals surface area contributed by atoms with Gasteiger partial charge in [0.2, 0.25) is 0 Å². The molecule has 0 atom stereocenters. The molecule has 2 aromatic rings. The smallest absolute Gasteiger partial charge is 0.303 e. The molecule has 1 aromatic heterocycles. The molecule has 0 bridgehead atoms. The molecule has 0 saturated heterocycles. The number of rotatable bonds is 5. The molecule has 0 unspecified atom stereocenters. The number of carbonyl (C=O) groups is 1. The van der Waals surface area contributed by atoms with Gasteiger partial charge in [-0.05, 0) is 25.5 Å². The third-order valence-corrected chi connectivity index (χ3v) is 2.57. The fourth-order valence-electron chi connectivity index (χ4n) is 1.79. The van der Waals surface area contributed by atoms with Gasteiger partial charge in [-0.15, -0.1) is 0 Å². The minimum atomic E-state index is -0.780. The molecule has 5 nitrogen and oxygen atoms in total. The quantitative estimate of drug-likeness (QED) is 0.874. The molecule has 0 radical (unpaired) electrons. The number of aryl methyl sites for hydroxylation is 2. The third-order valence-electron chi connectivity index (χ3n) is 2.57. The number of para-hydroxylation sites is 1. The average Bonchev–Trinajstić information content (AvgIpc) is 2.71. The molecule has 1 heterocycles. The summed E-state index contributed by atoms with van der Waals surface area (Å²) in [4.78, 5) is 14.8. The van der Waals surface area contributed by atoms with E-state index in [9.17, 15) is 4.79 Å². The maximum absolute atomic E-state index is 10.5. The summed E-state index contributed by atoms with van der Waals surface area (Å²) in [5, 5.41) is 13.0. The molecule has 1 aromatic carbocycles. The molecule has 2 rings (SSSR count).